The van der Waals surface area contributed by atoms with Gasteiger partial charge in [0.1, 0.15) is 0 Å². The van der Waals surface area contributed by atoms with Gasteiger partial charge in [-0.05, 0) is 31.5 Å². The van der Waals surface area contributed by atoms with Crippen LogP contribution in [-0.4, -0.2) is 35.9 Å². The predicted octanol–water partition coefficient (Wildman–Crippen LogP) is 1.97. The van der Waals surface area contributed by atoms with E-state index in [1.807, 2.05) is 18.2 Å². The average molecular weight is 287 g/mol. The Morgan fingerprint density at radius 1 is 1.19 bits per heavy atom. The van der Waals surface area contributed by atoms with E-state index in [9.17, 15) is 0 Å². The van der Waals surface area contributed by atoms with Crippen molar-refractivity contribution < 1.29 is 9.26 Å². The van der Waals surface area contributed by atoms with Gasteiger partial charge in [0.05, 0.1) is 19.1 Å². The Kier molecular flexibility index (Phi) is 4.97. The Labute approximate surface area is 124 Å². The van der Waals surface area contributed by atoms with Crippen molar-refractivity contribution in [1.29, 1.82) is 0 Å². The number of benzene rings is 1. The Morgan fingerprint density at radius 2 is 2.00 bits per heavy atom. The fourth-order valence-corrected chi connectivity index (χ4v) is 2.52. The Hall–Kier alpha value is -1.72. The van der Waals surface area contributed by atoms with Crippen molar-refractivity contribution in [2.75, 3.05) is 19.7 Å². The molecule has 1 aromatic heterocycles. The molecule has 2 heterocycles. The first-order chi connectivity index (χ1) is 10.4. The fraction of sp³-hybridized carbons (Fsp3) is 0.500. The van der Waals surface area contributed by atoms with Crippen molar-refractivity contribution >= 4 is 0 Å². The van der Waals surface area contributed by atoms with E-state index in [-0.39, 0.29) is 0 Å². The molecule has 3 rings (SSSR count). The van der Waals surface area contributed by atoms with Gasteiger partial charge in [0.25, 0.3) is 0 Å². The zero-order valence-electron chi connectivity index (χ0n) is 12.1. The second-order valence-corrected chi connectivity index (χ2v) is 5.34. The molecule has 1 fully saturated rings. The smallest absolute Gasteiger partial charge is 0.228 e. The van der Waals surface area contributed by atoms with Gasteiger partial charge < -0.3 is 14.6 Å². The van der Waals surface area contributed by atoms with Gasteiger partial charge in [-0.15, -0.1) is 0 Å². The maximum absolute atomic E-state index is 5.85. The highest BCUT2D eigenvalue weighted by Crippen LogP contribution is 2.09. The molecule has 0 unspecified atom stereocenters. The van der Waals surface area contributed by atoms with Crippen molar-refractivity contribution in [3.63, 3.8) is 0 Å². The van der Waals surface area contributed by atoms with Crippen LogP contribution in [0.5, 0.6) is 0 Å². The summed E-state index contributed by atoms with van der Waals surface area (Å²) in [6.07, 6.45) is 3.94. The molecule has 21 heavy (non-hydrogen) atoms. The summed E-state index contributed by atoms with van der Waals surface area (Å²) in [5.74, 6) is 1.40. The van der Waals surface area contributed by atoms with Crippen LogP contribution in [0.25, 0.3) is 0 Å². The van der Waals surface area contributed by atoms with Crippen LogP contribution in [0.15, 0.2) is 34.9 Å². The zero-order valence-corrected chi connectivity index (χ0v) is 12.1. The number of nitrogens with one attached hydrogen (secondary N) is 1. The molecule has 2 aromatic rings. The van der Waals surface area contributed by atoms with Crippen molar-refractivity contribution in [2.45, 2.75) is 31.8 Å². The summed E-state index contributed by atoms with van der Waals surface area (Å²) in [6.45, 7) is 2.75. The minimum Gasteiger partial charge on any atom is -0.378 e. The van der Waals surface area contributed by atoms with E-state index in [0.717, 1.165) is 31.8 Å². The predicted molar refractivity (Wildman–Crippen MR) is 79.1 cm³/mol. The molecule has 0 bridgehead atoms. The Morgan fingerprint density at radius 3 is 2.81 bits per heavy atom. The van der Waals surface area contributed by atoms with Crippen LogP contribution in [0, 0.1) is 0 Å². The maximum Gasteiger partial charge on any atom is 0.228 e. The van der Waals surface area contributed by atoms with Crippen LogP contribution in [0.2, 0.25) is 0 Å². The van der Waals surface area contributed by atoms with Crippen LogP contribution < -0.4 is 5.32 Å². The normalized spacial score (nSPS) is 16.2. The number of hydrogen-bond acceptors (Lipinski definition) is 5. The van der Waals surface area contributed by atoms with Gasteiger partial charge in [0, 0.05) is 6.42 Å². The summed E-state index contributed by atoms with van der Waals surface area (Å²) in [7, 11) is 0. The number of ether oxygens (including phenoxy) is 1. The van der Waals surface area contributed by atoms with Crippen LogP contribution >= 0.6 is 0 Å². The van der Waals surface area contributed by atoms with Gasteiger partial charge in [-0.2, -0.15) is 4.98 Å². The lowest BCUT2D eigenvalue weighted by atomic mass is 10.1. The molecule has 1 aromatic carbocycles. The molecule has 1 N–H and O–H groups in total. The quantitative estimate of drug-likeness (QED) is 0.880. The molecule has 0 atom stereocenters. The third-order valence-electron chi connectivity index (χ3n) is 3.67. The summed E-state index contributed by atoms with van der Waals surface area (Å²) in [5.41, 5.74) is 1.19. The molecule has 1 saturated heterocycles. The lowest BCUT2D eigenvalue weighted by molar-refractivity contribution is 0.0322. The number of rotatable bonds is 6. The number of hydrogen-bond donors (Lipinski definition) is 1. The number of aromatic nitrogens is 2. The first-order valence-corrected chi connectivity index (χ1v) is 7.58. The van der Waals surface area contributed by atoms with Gasteiger partial charge >= 0.3 is 0 Å². The highest BCUT2D eigenvalue weighted by molar-refractivity contribution is 5.18. The first kappa shape index (κ1) is 14.2. The molecule has 0 spiro atoms. The lowest BCUT2D eigenvalue weighted by Crippen LogP contribution is -2.32. The van der Waals surface area contributed by atoms with Gasteiger partial charge in [-0.25, -0.2) is 0 Å². The summed E-state index contributed by atoms with van der Waals surface area (Å²) in [4.78, 5) is 4.42. The molecular formula is C16H21N3O2. The van der Waals surface area contributed by atoms with E-state index in [4.69, 9.17) is 9.26 Å². The summed E-state index contributed by atoms with van der Waals surface area (Å²) in [6, 6.07) is 10.2. The van der Waals surface area contributed by atoms with Crippen molar-refractivity contribution in [2.24, 2.45) is 0 Å². The molecule has 5 heteroatoms. The molecule has 5 nitrogen and oxygen atoms in total. The van der Waals surface area contributed by atoms with E-state index in [2.05, 4.69) is 27.6 Å². The zero-order chi connectivity index (χ0) is 14.3. The van der Waals surface area contributed by atoms with E-state index in [0.29, 0.717) is 31.4 Å². The van der Waals surface area contributed by atoms with Crippen molar-refractivity contribution in [3.05, 3.63) is 47.6 Å². The lowest BCUT2D eigenvalue weighted by Gasteiger charge is -2.22. The van der Waals surface area contributed by atoms with Crippen LogP contribution in [-0.2, 0) is 17.6 Å². The van der Waals surface area contributed by atoms with E-state index in [1.165, 1.54) is 5.56 Å². The van der Waals surface area contributed by atoms with Gasteiger partial charge in [0.2, 0.25) is 5.89 Å². The van der Waals surface area contributed by atoms with Crippen LogP contribution in [0.1, 0.15) is 30.1 Å². The number of piperidine rings is 1. The molecule has 0 saturated carbocycles. The number of nitrogens with zero attached hydrogens (tertiary/aromatic N) is 2. The van der Waals surface area contributed by atoms with E-state index < -0.39 is 0 Å². The molecule has 1 aliphatic heterocycles. The highest BCUT2D eigenvalue weighted by Gasteiger charge is 2.14. The van der Waals surface area contributed by atoms with Crippen molar-refractivity contribution in [3.8, 4) is 0 Å². The minimum absolute atomic E-state index is 0.373. The summed E-state index contributed by atoms with van der Waals surface area (Å²) in [5, 5.41) is 7.35. The van der Waals surface area contributed by atoms with Gasteiger partial charge in [0.15, 0.2) is 5.82 Å². The molecule has 0 radical (unpaired) electrons. The Bertz CT molecular complexity index is 535. The largest absolute Gasteiger partial charge is 0.378 e. The summed E-state index contributed by atoms with van der Waals surface area (Å²) < 4.78 is 11.1. The van der Waals surface area contributed by atoms with Gasteiger partial charge in [-0.3, -0.25) is 0 Å². The second-order valence-electron chi connectivity index (χ2n) is 5.34. The third-order valence-corrected chi connectivity index (χ3v) is 3.67. The van der Waals surface area contributed by atoms with Crippen LogP contribution in [0.3, 0.4) is 0 Å². The molecular weight excluding hydrogens is 266 g/mol. The summed E-state index contributed by atoms with van der Waals surface area (Å²) >= 11 is 0. The SMILES string of the molecule is c1ccc(Cc2noc(CCOC3CCNCC3)n2)cc1. The maximum atomic E-state index is 5.85. The average Bonchev–Trinajstić information content (AvgIpc) is 2.97. The molecule has 112 valence electrons. The highest BCUT2D eigenvalue weighted by atomic mass is 16.5. The first-order valence-electron chi connectivity index (χ1n) is 7.58. The standard InChI is InChI=1S/C16H21N3O2/c1-2-4-13(5-3-1)12-15-18-16(21-19-15)8-11-20-14-6-9-17-10-7-14/h1-5,14,17H,6-12H2. The fourth-order valence-electron chi connectivity index (χ4n) is 2.52. The second kappa shape index (κ2) is 7.33. The molecule has 0 aliphatic carbocycles. The monoisotopic (exact) mass is 287 g/mol. The van der Waals surface area contributed by atoms with Crippen LogP contribution in [0.4, 0.5) is 0 Å². The Balaban J connectivity index is 1.44. The minimum atomic E-state index is 0.373. The van der Waals surface area contributed by atoms with E-state index >= 15 is 0 Å². The topological polar surface area (TPSA) is 60.2 Å². The third kappa shape index (κ3) is 4.37. The van der Waals surface area contributed by atoms with E-state index in [1.54, 1.807) is 0 Å². The van der Waals surface area contributed by atoms with Gasteiger partial charge in [-0.1, -0.05) is 35.5 Å². The molecule has 0 amide bonds. The van der Waals surface area contributed by atoms with Crippen molar-refractivity contribution in [1.82, 2.24) is 15.5 Å². The molecule has 1 aliphatic rings.